The lowest BCUT2D eigenvalue weighted by atomic mass is 10.1. The van der Waals surface area contributed by atoms with E-state index in [1.54, 1.807) is 0 Å². The van der Waals surface area contributed by atoms with Crippen LogP contribution in [0.15, 0.2) is 24.3 Å². The summed E-state index contributed by atoms with van der Waals surface area (Å²) in [5.74, 6) is 0.304. The third-order valence-electron chi connectivity index (χ3n) is 2.14. The van der Waals surface area contributed by atoms with Gasteiger partial charge in [0.2, 0.25) is 0 Å². The van der Waals surface area contributed by atoms with Gasteiger partial charge in [-0.05, 0) is 24.1 Å². The molecule has 0 aliphatic heterocycles. The molecular formula is C9H10FN. The van der Waals surface area contributed by atoms with Crippen molar-refractivity contribution < 1.29 is 4.39 Å². The zero-order valence-corrected chi connectivity index (χ0v) is 6.13. The monoisotopic (exact) mass is 151 g/mol. The summed E-state index contributed by atoms with van der Waals surface area (Å²) in [5.41, 5.74) is 6.81. The van der Waals surface area contributed by atoms with Crippen LogP contribution in [0.4, 0.5) is 4.39 Å². The van der Waals surface area contributed by atoms with Crippen molar-refractivity contribution in [1.82, 2.24) is 0 Å². The Morgan fingerprint density at radius 2 is 1.82 bits per heavy atom. The molecule has 2 rings (SSSR count). The first-order chi connectivity index (χ1) is 5.27. The largest absolute Gasteiger partial charge is 0.327 e. The summed E-state index contributed by atoms with van der Waals surface area (Å²) in [6.45, 7) is 0. The number of benzene rings is 1. The molecule has 1 saturated carbocycles. The minimum absolute atomic E-state index is 0.178. The summed E-state index contributed by atoms with van der Waals surface area (Å²) in [4.78, 5) is 0. The second-order valence-electron chi connectivity index (χ2n) is 3.06. The molecule has 1 aliphatic carbocycles. The van der Waals surface area contributed by atoms with Crippen molar-refractivity contribution in [2.24, 2.45) is 5.73 Å². The molecule has 0 amide bonds. The first kappa shape index (κ1) is 6.80. The van der Waals surface area contributed by atoms with Crippen molar-refractivity contribution in [1.29, 1.82) is 0 Å². The highest BCUT2D eigenvalue weighted by molar-refractivity contribution is 5.27. The van der Waals surface area contributed by atoms with Gasteiger partial charge in [0.05, 0.1) is 0 Å². The van der Waals surface area contributed by atoms with Crippen molar-refractivity contribution in [2.75, 3.05) is 0 Å². The van der Waals surface area contributed by atoms with Crippen LogP contribution in [0, 0.1) is 5.82 Å². The average molecular weight is 151 g/mol. The molecule has 1 nitrogen and oxygen atoms in total. The van der Waals surface area contributed by atoms with E-state index in [4.69, 9.17) is 5.73 Å². The zero-order valence-electron chi connectivity index (χ0n) is 6.13. The minimum atomic E-state index is -0.178. The SMILES string of the molecule is NC1C[C@@H]1c1ccc(F)cc1. The second kappa shape index (κ2) is 2.31. The molecule has 2 heteroatoms. The Morgan fingerprint density at radius 1 is 1.27 bits per heavy atom. The van der Waals surface area contributed by atoms with E-state index in [9.17, 15) is 4.39 Å². The molecule has 0 saturated heterocycles. The van der Waals surface area contributed by atoms with Crippen LogP contribution in [-0.4, -0.2) is 6.04 Å². The van der Waals surface area contributed by atoms with Crippen molar-refractivity contribution >= 4 is 0 Å². The number of rotatable bonds is 1. The topological polar surface area (TPSA) is 26.0 Å². The van der Waals surface area contributed by atoms with E-state index in [0.29, 0.717) is 12.0 Å². The minimum Gasteiger partial charge on any atom is -0.327 e. The third-order valence-corrected chi connectivity index (χ3v) is 2.14. The molecule has 1 aromatic rings. The molecule has 0 heterocycles. The lowest BCUT2D eigenvalue weighted by Gasteiger charge is -1.96. The quantitative estimate of drug-likeness (QED) is 0.648. The van der Waals surface area contributed by atoms with Gasteiger partial charge in [-0.25, -0.2) is 4.39 Å². The van der Waals surface area contributed by atoms with Crippen LogP contribution in [0.3, 0.4) is 0 Å². The number of hydrogen-bond acceptors (Lipinski definition) is 1. The third kappa shape index (κ3) is 1.26. The van der Waals surface area contributed by atoms with Crippen molar-refractivity contribution in [3.05, 3.63) is 35.6 Å². The van der Waals surface area contributed by atoms with E-state index < -0.39 is 0 Å². The Morgan fingerprint density at radius 3 is 2.27 bits per heavy atom. The van der Waals surface area contributed by atoms with Crippen LogP contribution in [-0.2, 0) is 0 Å². The van der Waals surface area contributed by atoms with Crippen molar-refractivity contribution in [3.8, 4) is 0 Å². The predicted octanol–water partition coefficient (Wildman–Crippen LogP) is 1.64. The smallest absolute Gasteiger partial charge is 0.123 e. The van der Waals surface area contributed by atoms with Gasteiger partial charge >= 0.3 is 0 Å². The molecule has 0 radical (unpaired) electrons. The molecule has 58 valence electrons. The average Bonchev–Trinajstić information content (AvgIpc) is 2.69. The Balaban J connectivity index is 2.21. The maximum absolute atomic E-state index is 12.4. The fourth-order valence-electron chi connectivity index (χ4n) is 1.31. The van der Waals surface area contributed by atoms with Gasteiger partial charge in [0.1, 0.15) is 5.82 Å². The van der Waals surface area contributed by atoms with Gasteiger partial charge in [0.25, 0.3) is 0 Å². The molecule has 1 aliphatic rings. The van der Waals surface area contributed by atoms with E-state index in [1.807, 2.05) is 12.1 Å². The Bertz CT molecular complexity index is 255. The lowest BCUT2D eigenvalue weighted by Crippen LogP contribution is -2.00. The number of hydrogen-bond donors (Lipinski definition) is 1. The number of nitrogens with two attached hydrogens (primary N) is 1. The van der Waals surface area contributed by atoms with Gasteiger partial charge in [0, 0.05) is 12.0 Å². The molecule has 1 aromatic carbocycles. The Labute approximate surface area is 65.0 Å². The van der Waals surface area contributed by atoms with E-state index in [-0.39, 0.29) is 5.82 Å². The van der Waals surface area contributed by atoms with E-state index in [2.05, 4.69) is 0 Å². The molecule has 1 fully saturated rings. The standard InChI is InChI=1S/C9H10FN/c10-7-3-1-6(2-4-7)8-5-9(8)11/h1-4,8-9H,5,11H2/t8-,9?/m1/s1. The summed E-state index contributed by atoms with van der Waals surface area (Å²) >= 11 is 0. The molecule has 0 aromatic heterocycles. The van der Waals surface area contributed by atoms with Crippen molar-refractivity contribution in [2.45, 2.75) is 18.4 Å². The highest BCUT2D eigenvalue weighted by Gasteiger charge is 2.34. The number of halogens is 1. The molecule has 2 N–H and O–H groups in total. The van der Waals surface area contributed by atoms with Gasteiger partial charge in [-0.3, -0.25) is 0 Å². The van der Waals surface area contributed by atoms with Gasteiger partial charge in [0.15, 0.2) is 0 Å². The fraction of sp³-hybridized carbons (Fsp3) is 0.333. The van der Waals surface area contributed by atoms with Crippen LogP contribution >= 0.6 is 0 Å². The van der Waals surface area contributed by atoms with E-state index >= 15 is 0 Å². The van der Waals surface area contributed by atoms with Gasteiger partial charge in [-0.2, -0.15) is 0 Å². The highest BCUT2D eigenvalue weighted by Crippen LogP contribution is 2.38. The van der Waals surface area contributed by atoms with Crippen molar-refractivity contribution in [3.63, 3.8) is 0 Å². The van der Waals surface area contributed by atoms with Gasteiger partial charge in [-0.1, -0.05) is 12.1 Å². The zero-order chi connectivity index (χ0) is 7.84. The van der Waals surface area contributed by atoms with Crippen LogP contribution in [0.5, 0.6) is 0 Å². The van der Waals surface area contributed by atoms with Gasteiger partial charge < -0.3 is 5.73 Å². The van der Waals surface area contributed by atoms with Crippen LogP contribution in [0.25, 0.3) is 0 Å². The summed E-state index contributed by atoms with van der Waals surface area (Å²) < 4.78 is 12.4. The van der Waals surface area contributed by atoms with Gasteiger partial charge in [-0.15, -0.1) is 0 Å². The van der Waals surface area contributed by atoms with Crippen LogP contribution in [0.2, 0.25) is 0 Å². The van der Waals surface area contributed by atoms with Crippen LogP contribution in [0.1, 0.15) is 17.9 Å². The summed E-state index contributed by atoms with van der Waals surface area (Å²) in [6, 6.07) is 6.90. The second-order valence-corrected chi connectivity index (χ2v) is 3.06. The van der Waals surface area contributed by atoms with Crippen LogP contribution < -0.4 is 5.73 Å². The Hall–Kier alpha value is -0.890. The summed E-state index contributed by atoms with van der Waals surface area (Å²) in [6.07, 6.45) is 1.05. The van der Waals surface area contributed by atoms with E-state index in [0.717, 1.165) is 6.42 Å². The molecule has 1 unspecified atom stereocenters. The molecule has 2 atom stereocenters. The fourth-order valence-corrected chi connectivity index (χ4v) is 1.31. The molecule has 11 heavy (non-hydrogen) atoms. The maximum atomic E-state index is 12.4. The van der Waals surface area contributed by atoms with E-state index in [1.165, 1.54) is 17.7 Å². The maximum Gasteiger partial charge on any atom is 0.123 e. The molecular weight excluding hydrogens is 141 g/mol. The predicted molar refractivity (Wildman–Crippen MR) is 41.7 cm³/mol. The molecule has 0 bridgehead atoms. The highest BCUT2D eigenvalue weighted by atomic mass is 19.1. The Kier molecular flexibility index (Phi) is 1.43. The first-order valence-corrected chi connectivity index (χ1v) is 3.78. The normalized spacial score (nSPS) is 28.5. The summed E-state index contributed by atoms with van der Waals surface area (Å²) in [5, 5.41) is 0. The summed E-state index contributed by atoms with van der Waals surface area (Å²) in [7, 11) is 0. The first-order valence-electron chi connectivity index (χ1n) is 3.78. The molecule has 0 spiro atoms. The lowest BCUT2D eigenvalue weighted by molar-refractivity contribution is 0.627.